The zero-order chi connectivity index (χ0) is 24.2. The first-order valence-electron chi connectivity index (χ1n) is 11.1. The van der Waals surface area contributed by atoms with Gasteiger partial charge >= 0.3 is 6.09 Å². The minimum atomic E-state index is -0.562. The van der Waals surface area contributed by atoms with Crippen LogP contribution in [0.5, 0.6) is 0 Å². The van der Waals surface area contributed by atoms with Crippen molar-refractivity contribution in [2.24, 2.45) is 12.2 Å². The van der Waals surface area contributed by atoms with Gasteiger partial charge in [-0.1, -0.05) is 48.5 Å². The van der Waals surface area contributed by atoms with Gasteiger partial charge in [-0.3, -0.25) is 5.32 Å². The summed E-state index contributed by atoms with van der Waals surface area (Å²) in [5.41, 5.74) is 1.87. The summed E-state index contributed by atoms with van der Waals surface area (Å²) in [6, 6.07) is 14.7. The van der Waals surface area contributed by atoms with Crippen LogP contribution in [0.2, 0.25) is 0 Å². The Morgan fingerprint density at radius 1 is 1.15 bits per heavy atom. The van der Waals surface area contributed by atoms with Crippen LogP contribution in [0.3, 0.4) is 0 Å². The van der Waals surface area contributed by atoms with Crippen molar-refractivity contribution in [1.29, 1.82) is 0 Å². The van der Waals surface area contributed by atoms with Gasteiger partial charge in [-0.2, -0.15) is 0 Å². The maximum absolute atomic E-state index is 12.3. The number of oxime groups is 1. The summed E-state index contributed by atoms with van der Waals surface area (Å²) >= 11 is 0. The fourth-order valence-corrected chi connectivity index (χ4v) is 3.03. The van der Waals surface area contributed by atoms with Crippen LogP contribution < -0.4 is 5.32 Å². The average molecular weight is 468 g/mol. The Morgan fingerprint density at radius 3 is 2.68 bits per heavy atom. The summed E-state index contributed by atoms with van der Waals surface area (Å²) in [5.74, 6) is 0.822. The summed E-state index contributed by atoms with van der Waals surface area (Å²) in [6.07, 6.45) is 0.555. The second-order valence-electron chi connectivity index (χ2n) is 7.27. The SMILES string of the molecule is CCOCCC(CC)OC(=O)Nc1cccc(CO/N=C(/c2ccccc2)c2nnnn2C)n1. The van der Waals surface area contributed by atoms with Crippen LogP contribution >= 0.6 is 0 Å². The number of carbonyl (C=O) groups is 1. The van der Waals surface area contributed by atoms with E-state index in [9.17, 15) is 4.79 Å². The molecule has 2 aromatic heterocycles. The molecule has 34 heavy (non-hydrogen) atoms. The van der Waals surface area contributed by atoms with Gasteiger partial charge in [0.25, 0.3) is 0 Å². The van der Waals surface area contributed by atoms with E-state index in [1.54, 1.807) is 25.2 Å². The maximum atomic E-state index is 12.3. The van der Waals surface area contributed by atoms with Gasteiger partial charge in [0.2, 0.25) is 5.82 Å². The van der Waals surface area contributed by atoms with Crippen molar-refractivity contribution in [2.75, 3.05) is 18.5 Å². The maximum Gasteiger partial charge on any atom is 0.413 e. The predicted octanol–water partition coefficient (Wildman–Crippen LogP) is 3.33. The van der Waals surface area contributed by atoms with Gasteiger partial charge in [0, 0.05) is 25.6 Å². The quantitative estimate of drug-likeness (QED) is 0.244. The summed E-state index contributed by atoms with van der Waals surface area (Å²) < 4.78 is 12.3. The first kappa shape index (κ1) is 24.8. The highest BCUT2D eigenvalue weighted by Gasteiger charge is 2.15. The Balaban J connectivity index is 1.62. The minimum absolute atomic E-state index is 0.0815. The van der Waals surface area contributed by atoms with E-state index in [1.165, 1.54) is 4.68 Å². The van der Waals surface area contributed by atoms with Crippen molar-refractivity contribution >= 4 is 17.6 Å². The summed E-state index contributed by atoms with van der Waals surface area (Å²) in [6.45, 7) is 5.15. The molecule has 3 aromatic rings. The second kappa shape index (κ2) is 13.0. The Hall–Kier alpha value is -3.86. The Bertz CT molecular complexity index is 1070. The number of carbonyl (C=O) groups excluding carboxylic acids is 1. The molecule has 0 radical (unpaired) electrons. The largest absolute Gasteiger partial charge is 0.446 e. The van der Waals surface area contributed by atoms with E-state index in [0.29, 0.717) is 49.1 Å². The molecule has 0 saturated heterocycles. The number of amides is 1. The highest BCUT2D eigenvalue weighted by Crippen LogP contribution is 2.12. The third-order valence-corrected chi connectivity index (χ3v) is 4.80. The molecule has 0 aliphatic heterocycles. The number of anilines is 1. The topological polar surface area (TPSA) is 126 Å². The second-order valence-corrected chi connectivity index (χ2v) is 7.27. The number of aromatic nitrogens is 5. The van der Waals surface area contributed by atoms with Crippen molar-refractivity contribution in [2.45, 2.75) is 39.4 Å². The molecule has 1 atom stereocenters. The summed E-state index contributed by atoms with van der Waals surface area (Å²) in [7, 11) is 1.73. The number of pyridine rings is 1. The highest BCUT2D eigenvalue weighted by atomic mass is 16.6. The molecular weight excluding hydrogens is 438 g/mol. The first-order valence-corrected chi connectivity index (χ1v) is 11.1. The monoisotopic (exact) mass is 467 g/mol. The molecule has 180 valence electrons. The molecule has 1 N–H and O–H groups in total. The number of nitrogens with zero attached hydrogens (tertiary/aromatic N) is 6. The lowest BCUT2D eigenvalue weighted by atomic mass is 10.1. The van der Waals surface area contributed by atoms with Crippen molar-refractivity contribution in [3.05, 3.63) is 65.6 Å². The minimum Gasteiger partial charge on any atom is -0.446 e. The number of hydrogen-bond donors (Lipinski definition) is 1. The molecule has 2 heterocycles. The fourth-order valence-electron chi connectivity index (χ4n) is 3.03. The Labute approximate surface area is 198 Å². The molecule has 0 spiro atoms. The van der Waals surface area contributed by atoms with Gasteiger partial charge in [0.05, 0.1) is 12.3 Å². The van der Waals surface area contributed by atoms with Crippen molar-refractivity contribution in [3.63, 3.8) is 0 Å². The van der Waals surface area contributed by atoms with Crippen LogP contribution in [0.4, 0.5) is 10.6 Å². The molecular formula is C23H29N7O4. The molecule has 0 bridgehead atoms. The molecule has 0 aliphatic rings. The van der Waals surface area contributed by atoms with E-state index in [0.717, 1.165) is 5.56 Å². The summed E-state index contributed by atoms with van der Waals surface area (Å²) in [5, 5.41) is 18.5. The molecule has 0 aliphatic carbocycles. The molecule has 1 unspecified atom stereocenters. The van der Waals surface area contributed by atoms with E-state index in [4.69, 9.17) is 14.3 Å². The van der Waals surface area contributed by atoms with Crippen LogP contribution in [0.1, 0.15) is 43.8 Å². The van der Waals surface area contributed by atoms with Crippen LogP contribution in [0.15, 0.2) is 53.7 Å². The third kappa shape index (κ3) is 7.34. The van der Waals surface area contributed by atoms with Crippen LogP contribution in [0, 0.1) is 0 Å². The van der Waals surface area contributed by atoms with E-state index < -0.39 is 6.09 Å². The number of aryl methyl sites for hydroxylation is 1. The molecule has 11 heteroatoms. The number of nitrogens with one attached hydrogen (secondary N) is 1. The smallest absolute Gasteiger partial charge is 0.413 e. The number of rotatable bonds is 12. The normalized spacial score (nSPS) is 12.3. The van der Waals surface area contributed by atoms with Gasteiger partial charge in [-0.05, 0) is 35.9 Å². The van der Waals surface area contributed by atoms with Gasteiger partial charge in [-0.25, -0.2) is 14.5 Å². The van der Waals surface area contributed by atoms with Crippen molar-refractivity contribution in [1.82, 2.24) is 25.2 Å². The lowest BCUT2D eigenvalue weighted by Gasteiger charge is -2.16. The molecule has 1 aromatic carbocycles. The number of hydrogen-bond acceptors (Lipinski definition) is 9. The van der Waals surface area contributed by atoms with Crippen LogP contribution in [-0.4, -0.2) is 56.3 Å². The van der Waals surface area contributed by atoms with Gasteiger partial charge < -0.3 is 14.3 Å². The molecule has 0 saturated carbocycles. The molecule has 0 fully saturated rings. The summed E-state index contributed by atoms with van der Waals surface area (Å²) in [4.78, 5) is 22.2. The lowest BCUT2D eigenvalue weighted by molar-refractivity contribution is 0.0675. The van der Waals surface area contributed by atoms with E-state index in [-0.39, 0.29) is 12.7 Å². The van der Waals surface area contributed by atoms with Gasteiger partial charge in [-0.15, -0.1) is 5.10 Å². The number of tetrazole rings is 1. The predicted molar refractivity (Wildman–Crippen MR) is 125 cm³/mol. The molecule has 11 nitrogen and oxygen atoms in total. The zero-order valence-corrected chi connectivity index (χ0v) is 19.5. The van der Waals surface area contributed by atoms with Crippen molar-refractivity contribution < 1.29 is 19.1 Å². The van der Waals surface area contributed by atoms with Crippen LogP contribution in [-0.2, 0) is 28.0 Å². The van der Waals surface area contributed by atoms with Gasteiger partial charge in [0.15, 0.2) is 12.3 Å². The lowest BCUT2D eigenvalue weighted by Crippen LogP contribution is -2.23. The molecule has 3 rings (SSSR count). The molecule has 1 amide bonds. The number of ether oxygens (including phenoxy) is 2. The third-order valence-electron chi connectivity index (χ3n) is 4.80. The van der Waals surface area contributed by atoms with E-state index in [1.807, 2.05) is 44.2 Å². The van der Waals surface area contributed by atoms with Gasteiger partial charge in [0.1, 0.15) is 11.9 Å². The Morgan fingerprint density at radius 2 is 1.97 bits per heavy atom. The van der Waals surface area contributed by atoms with Crippen LogP contribution in [0.25, 0.3) is 0 Å². The van der Waals surface area contributed by atoms with Crippen molar-refractivity contribution in [3.8, 4) is 0 Å². The van der Waals surface area contributed by atoms with E-state index in [2.05, 4.69) is 31.0 Å². The first-order chi connectivity index (χ1) is 16.6. The average Bonchev–Trinajstić information content (AvgIpc) is 3.27. The zero-order valence-electron chi connectivity index (χ0n) is 19.5. The Kier molecular flexibility index (Phi) is 9.47. The number of benzene rings is 1. The standard InChI is InChI=1S/C23H29N7O4/c1-4-19(14-15-32-5-2)34-23(31)25-20-13-9-12-18(24-20)16-33-27-21(17-10-7-6-8-11-17)22-26-28-29-30(22)3/h6-13,19H,4-5,14-16H2,1-3H3,(H,24,25,31)/b27-21-. The highest BCUT2D eigenvalue weighted by molar-refractivity contribution is 6.10. The van der Waals surface area contributed by atoms with E-state index >= 15 is 0 Å². The fraction of sp³-hybridized carbons (Fsp3) is 0.391.